The van der Waals surface area contributed by atoms with Crippen molar-refractivity contribution in [2.45, 2.75) is 58.6 Å². The molecule has 1 aliphatic rings. The number of carbonyl (C=O) groups excluding carboxylic acids is 1. The van der Waals surface area contributed by atoms with Gasteiger partial charge in [0.05, 0.1) is 18.7 Å². The second-order valence-electron chi connectivity index (χ2n) is 9.72. The first-order chi connectivity index (χ1) is 16.4. The van der Waals surface area contributed by atoms with E-state index in [0.717, 1.165) is 37.1 Å². The largest absolute Gasteiger partial charge is 0.491 e. The van der Waals surface area contributed by atoms with Crippen LogP contribution in [0.4, 0.5) is 0 Å². The van der Waals surface area contributed by atoms with Crippen molar-refractivity contribution in [2.24, 2.45) is 5.92 Å². The molecule has 1 aromatic heterocycles. The quantitative estimate of drug-likeness (QED) is 0.395. The van der Waals surface area contributed by atoms with Gasteiger partial charge < -0.3 is 14.7 Å². The molecule has 1 aromatic carbocycles. The second-order valence-corrected chi connectivity index (χ2v) is 10.7. The molecule has 3 rings (SSSR count). The fraction of sp³-hybridized carbons (Fsp3) is 0.536. The number of benzene rings is 1. The van der Waals surface area contributed by atoms with E-state index in [1.54, 1.807) is 11.3 Å². The Hall–Kier alpha value is -2.15. The molecular formula is C28H40N2O3S. The monoisotopic (exact) mass is 484 g/mol. The van der Waals surface area contributed by atoms with Gasteiger partial charge in [-0.3, -0.25) is 9.69 Å². The van der Waals surface area contributed by atoms with E-state index in [4.69, 9.17) is 4.74 Å². The first kappa shape index (κ1) is 26.5. The van der Waals surface area contributed by atoms with E-state index in [2.05, 4.69) is 49.8 Å². The van der Waals surface area contributed by atoms with Crippen molar-refractivity contribution < 1.29 is 14.6 Å². The van der Waals surface area contributed by atoms with Gasteiger partial charge in [-0.25, -0.2) is 0 Å². The predicted octanol–water partition coefficient (Wildman–Crippen LogP) is 5.24. The molecule has 0 spiro atoms. The molecule has 6 heteroatoms. The average Bonchev–Trinajstić information content (AvgIpc) is 3.28. The Bertz CT molecular complexity index is 926. The van der Waals surface area contributed by atoms with Gasteiger partial charge in [0.15, 0.2) is 0 Å². The molecule has 186 valence electrons. The summed E-state index contributed by atoms with van der Waals surface area (Å²) in [4.78, 5) is 19.0. The lowest BCUT2D eigenvalue weighted by Gasteiger charge is -2.37. The maximum atomic E-state index is 13.6. The van der Waals surface area contributed by atoms with Gasteiger partial charge >= 0.3 is 0 Å². The van der Waals surface area contributed by atoms with Crippen LogP contribution in [0.5, 0.6) is 5.75 Å². The van der Waals surface area contributed by atoms with Crippen molar-refractivity contribution in [1.82, 2.24) is 9.80 Å². The number of allylic oxidation sites excluding steroid dienone is 1. The normalized spacial score (nSPS) is 16.5. The third-order valence-electron chi connectivity index (χ3n) is 6.37. The van der Waals surface area contributed by atoms with Crippen LogP contribution in [0, 0.1) is 12.8 Å². The van der Waals surface area contributed by atoms with Crippen LogP contribution < -0.4 is 4.74 Å². The molecule has 1 amide bonds. The zero-order valence-electron chi connectivity index (χ0n) is 20.9. The minimum atomic E-state index is -0.455. The molecular weight excluding hydrogens is 444 g/mol. The van der Waals surface area contributed by atoms with E-state index in [1.807, 2.05) is 29.2 Å². The summed E-state index contributed by atoms with van der Waals surface area (Å²) in [7, 11) is 0. The van der Waals surface area contributed by atoms with Crippen molar-refractivity contribution in [3.05, 3.63) is 64.4 Å². The fourth-order valence-electron chi connectivity index (χ4n) is 4.41. The van der Waals surface area contributed by atoms with Crippen LogP contribution in [0.3, 0.4) is 0 Å². The molecule has 0 unspecified atom stereocenters. The predicted molar refractivity (Wildman–Crippen MR) is 140 cm³/mol. The van der Waals surface area contributed by atoms with Gasteiger partial charge in [-0.05, 0) is 79.8 Å². The van der Waals surface area contributed by atoms with E-state index in [-0.39, 0.29) is 11.9 Å². The third-order valence-corrected chi connectivity index (χ3v) is 7.36. The summed E-state index contributed by atoms with van der Waals surface area (Å²) in [5, 5.41) is 12.6. The topological polar surface area (TPSA) is 53.0 Å². The molecule has 2 atom stereocenters. The third kappa shape index (κ3) is 7.69. The Morgan fingerprint density at radius 1 is 1.35 bits per heavy atom. The van der Waals surface area contributed by atoms with Gasteiger partial charge in [0.2, 0.25) is 5.91 Å². The van der Waals surface area contributed by atoms with Crippen LogP contribution >= 0.6 is 11.3 Å². The van der Waals surface area contributed by atoms with Crippen molar-refractivity contribution in [1.29, 1.82) is 0 Å². The Morgan fingerprint density at radius 2 is 2.18 bits per heavy atom. The summed E-state index contributed by atoms with van der Waals surface area (Å²) in [6.07, 6.45) is 4.70. The maximum Gasteiger partial charge on any atom is 0.237 e. The number of rotatable bonds is 13. The maximum absolute atomic E-state index is 13.6. The number of amides is 1. The van der Waals surface area contributed by atoms with E-state index < -0.39 is 6.10 Å². The fourth-order valence-corrected chi connectivity index (χ4v) is 5.34. The second kappa shape index (κ2) is 13.1. The lowest BCUT2D eigenvalue weighted by atomic mass is 10.00. The van der Waals surface area contributed by atoms with Crippen LogP contribution in [-0.4, -0.2) is 59.7 Å². The summed E-state index contributed by atoms with van der Waals surface area (Å²) in [5.41, 5.74) is 2.36. The molecule has 0 bridgehead atoms. The summed E-state index contributed by atoms with van der Waals surface area (Å²) in [6, 6.07) is 10.1. The van der Waals surface area contributed by atoms with Crippen LogP contribution in [0.1, 0.15) is 55.2 Å². The van der Waals surface area contributed by atoms with Crippen molar-refractivity contribution in [3.8, 4) is 5.75 Å². The van der Waals surface area contributed by atoms with Gasteiger partial charge in [0, 0.05) is 18.0 Å². The molecule has 0 saturated carbocycles. The number of hydrogen-bond donors (Lipinski definition) is 1. The van der Waals surface area contributed by atoms with Crippen LogP contribution in [0.15, 0.2) is 48.4 Å². The summed E-state index contributed by atoms with van der Waals surface area (Å²) in [5.74, 6) is 1.48. The highest BCUT2D eigenvalue weighted by atomic mass is 32.1. The highest BCUT2D eigenvalue weighted by Gasteiger charge is 2.33. The number of fused-ring (bicyclic) bond motifs is 1. The molecule has 0 fully saturated rings. The van der Waals surface area contributed by atoms with E-state index in [1.165, 1.54) is 10.4 Å². The number of carbonyl (C=O) groups is 1. The molecule has 1 aliphatic heterocycles. The van der Waals surface area contributed by atoms with E-state index in [9.17, 15) is 9.90 Å². The minimum absolute atomic E-state index is 0.0966. The number of aliphatic hydroxyl groups excluding tert-OH is 1. The number of hydrogen-bond acceptors (Lipinski definition) is 5. The van der Waals surface area contributed by atoms with E-state index in [0.29, 0.717) is 38.6 Å². The molecule has 0 radical (unpaired) electrons. The Balaban J connectivity index is 1.71. The number of aryl methyl sites for hydroxylation is 1. The molecule has 1 N–H and O–H groups in total. The SMILES string of the molecule is C=CCC[C@H](O)CN(CCC(C)C)CC(=O)N1CCc2sccc2[C@@H]1COc1cccc(C)c1. The Morgan fingerprint density at radius 3 is 2.91 bits per heavy atom. The minimum Gasteiger partial charge on any atom is -0.491 e. The zero-order valence-corrected chi connectivity index (χ0v) is 21.7. The number of thiophene rings is 1. The van der Waals surface area contributed by atoms with Crippen LogP contribution in [0.25, 0.3) is 0 Å². The number of aliphatic hydroxyl groups is 1. The van der Waals surface area contributed by atoms with Crippen molar-refractivity contribution in [3.63, 3.8) is 0 Å². The molecule has 5 nitrogen and oxygen atoms in total. The van der Waals surface area contributed by atoms with Gasteiger partial charge in [0.25, 0.3) is 0 Å². The smallest absolute Gasteiger partial charge is 0.237 e. The van der Waals surface area contributed by atoms with Crippen molar-refractivity contribution in [2.75, 3.05) is 32.8 Å². The van der Waals surface area contributed by atoms with Crippen LogP contribution in [-0.2, 0) is 11.2 Å². The van der Waals surface area contributed by atoms with Crippen molar-refractivity contribution >= 4 is 17.2 Å². The summed E-state index contributed by atoms with van der Waals surface area (Å²) >= 11 is 1.76. The highest BCUT2D eigenvalue weighted by Crippen LogP contribution is 2.34. The zero-order chi connectivity index (χ0) is 24.5. The van der Waals surface area contributed by atoms with E-state index >= 15 is 0 Å². The lowest BCUT2D eigenvalue weighted by molar-refractivity contribution is -0.136. The summed E-state index contributed by atoms with van der Waals surface area (Å²) in [6.45, 7) is 12.9. The summed E-state index contributed by atoms with van der Waals surface area (Å²) < 4.78 is 6.17. The Kier molecular flexibility index (Phi) is 10.2. The molecule has 34 heavy (non-hydrogen) atoms. The molecule has 2 aromatic rings. The van der Waals surface area contributed by atoms with Gasteiger partial charge in [0.1, 0.15) is 12.4 Å². The average molecular weight is 485 g/mol. The number of ether oxygens (including phenoxy) is 1. The first-order valence-corrected chi connectivity index (χ1v) is 13.3. The van der Waals surface area contributed by atoms with Gasteiger partial charge in [-0.15, -0.1) is 17.9 Å². The highest BCUT2D eigenvalue weighted by molar-refractivity contribution is 7.10. The lowest BCUT2D eigenvalue weighted by Crippen LogP contribution is -2.48. The molecule has 2 heterocycles. The number of nitrogens with zero attached hydrogens (tertiary/aromatic N) is 2. The standard InChI is InChI=1S/C28H40N2O3S/c1-5-6-9-23(31)18-29(14-11-21(2)3)19-28(32)30-15-12-27-25(13-16-34-27)26(30)20-33-24-10-7-8-22(4)17-24/h5,7-8,10,13,16-17,21,23,26,31H,1,6,9,11-12,14-15,18-20H2,2-4H3/t23-,26-/m0/s1. The molecule has 0 saturated heterocycles. The van der Waals surface area contributed by atoms with Gasteiger partial charge in [-0.2, -0.15) is 0 Å². The van der Waals surface area contributed by atoms with Crippen LogP contribution in [0.2, 0.25) is 0 Å². The molecule has 0 aliphatic carbocycles. The van der Waals surface area contributed by atoms with Gasteiger partial charge in [-0.1, -0.05) is 32.1 Å². The first-order valence-electron chi connectivity index (χ1n) is 12.4. The Labute approximate surface area is 209 Å².